The third kappa shape index (κ3) is 4.68. The van der Waals surface area contributed by atoms with Crippen LogP contribution in [-0.4, -0.2) is 27.0 Å². The van der Waals surface area contributed by atoms with Gasteiger partial charge in [0.15, 0.2) is 6.61 Å². The molecule has 23 heavy (non-hydrogen) atoms. The Morgan fingerprint density at radius 2 is 2.13 bits per heavy atom. The van der Waals surface area contributed by atoms with Crippen LogP contribution >= 0.6 is 15.9 Å². The van der Waals surface area contributed by atoms with Crippen molar-refractivity contribution < 1.29 is 17.9 Å². The first-order valence-corrected chi connectivity index (χ1v) is 9.89. The number of nitrogens with one attached hydrogen (secondary N) is 2. The van der Waals surface area contributed by atoms with Gasteiger partial charge in [-0.15, -0.1) is 0 Å². The van der Waals surface area contributed by atoms with E-state index < -0.39 is 10.0 Å². The predicted octanol–water partition coefficient (Wildman–Crippen LogP) is 3.03. The van der Waals surface area contributed by atoms with Crippen molar-refractivity contribution >= 4 is 37.5 Å². The maximum Gasteiger partial charge on any atom is 0.262 e. The first kappa shape index (κ1) is 18.2. The molecule has 1 aliphatic heterocycles. The number of anilines is 1. The summed E-state index contributed by atoms with van der Waals surface area (Å²) in [6.45, 7) is 3.85. The number of fused-ring (bicyclic) bond motifs is 1. The Balaban J connectivity index is 2.18. The average molecular weight is 405 g/mol. The number of amides is 1. The largest absolute Gasteiger partial charge is 0.482 e. The zero-order valence-corrected chi connectivity index (χ0v) is 15.6. The molecule has 0 fully saturated rings. The molecule has 1 aromatic rings. The second kappa shape index (κ2) is 7.63. The molecule has 1 heterocycles. The number of ether oxygens (including phenoxy) is 1. The Bertz CT molecular complexity index is 691. The van der Waals surface area contributed by atoms with Gasteiger partial charge in [0.25, 0.3) is 5.91 Å². The first-order chi connectivity index (χ1) is 10.8. The van der Waals surface area contributed by atoms with Crippen LogP contribution in [0.1, 0.15) is 39.5 Å². The molecule has 0 saturated heterocycles. The standard InChI is InChI=1S/C15H21BrN2O4S/c1-3-4-5-6-10(2)18-23(20,21)14-8-13-12(7-11(14)16)17-15(19)9-22-13/h7-8,10,18H,3-6,9H2,1-2H3,(H,17,19)/t10-/m0/s1. The van der Waals surface area contributed by atoms with Crippen molar-refractivity contribution in [3.05, 3.63) is 16.6 Å². The third-order valence-corrected chi connectivity index (χ3v) is 6.10. The molecule has 1 atom stereocenters. The predicted molar refractivity (Wildman–Crippen MR) is 92.2 cm³/mol. The highest BCUT2D eigenvalue weighted by atomic mass is 79.9. The summed E-state index contributed by atoms with van der Waals surface area (Å²) in [6.07, 6.45) is 3.96. The van der Waals surface area contributed by atoms with Crippen LogP contribution in [0.5, 0.6) is 5.75 Å². The molecular weight excluding hydrogens is 384 g/mol. The van der Waals surface area contributed by atoms with Gasteiger partial charge in [-0.05, 0) is 35.3 Å². The quantitative estimate of drug-likeness (QED) is 0.683. The number of halogens is 1. The van der Waals surface area contributed by atoms with E-state index in [1.165, 1.54) is 6.07 Å². The fourth-order valence-electron chi connectivity index (χ4n) is 2.38. The smallest absolute Gasteiger partial charge is 0.262 e. The Morgan fingerprint density at radius 1 is 1.39 bits per heavy atom. The number of unbranched alkanes of at least 4 members (excludes halogenated alkanes) is 2. The second-order valence-corrected chi connectivity index (χ2v) is 8.17. The third-order valence-electron chi connectivity index (χ3n) is 3.55. The summed E-state index contributed by atoms with van der Waals surface area (Å²) < 4.78 is 33.5. The van der Waals surface area contributed by atoms with E-state index in [-0.39, 0.29) is 23.5 Å². The van der Waals surface area contributed by atoms with E-state index >= 15 is 0 Å². The van der Waals surface area contributed by atoms with Crippen LogP contribution in [0.4, 0.5) is 5.69 Å². The summed E-state index contributed by atoms with van der Waals surface area (Å²) in [5.41, 5.74) is 0.461. The average Bonchev–Trinajstić information content (AvgIpc) is 2.45. The van der Waals surface area contributed by atoms with Crippen LogP contribution in [0, 0.1) is 0 Å². The molecule has 128 valence electrons. The zero-order chi connectivity index (χ0) is 17.0. The van der Waals surface area contributed by atoms with E-state index in [1.54, 1.807) is 6.07 Å². The lowest BCUT2D eigenvalue weighted by molar-refractivity contribution is -0.118. The molecule has 2 rings (SSSR count). The zero-order valence-electron chi connectivity index (χ0n) is 13.2. The van der Waals surface area contributed by atoms with E-state index in [0.29, 0.717) is 15.9 Å². The second-order valence-electron chi connectivity index (χ2n) is 5.63. The van der Waals surface area contributed by atoms with Crippen molar-refractivity contribution in [3.63, 3.8) is 0 Å². The van der Waals surface area contributed by atoms with Crippen LogP contribution in [0.25, 0.3) is 0 Å². The van der Waals surface area contributed by atoms with Crippen LogP contribution in [0.15, 0.2) is 21.5 Å². The van der Waals surface area contributed by atoms with Crippen molar-refractivity contribution in [2.45, 2.75) is 50.5 Å². The molecule has 2 N–H and O–H groups in total. The van der Waals surface area contributed by atoms with Crippen molar-refractivity contribution in [1.29, 1.82) is 0 Å². The van der Waals surface area contributed by atoms with Gasteiger partial charge >= 0.3 is 0 Å². The monoisotopic (exact) mass is 404 g/mol. The minimum Gasteiger partial charge on any atom is -0.482 e. The minimum atomic E-state index is -3.66. The molecule has 1 aliphatic rings. The first-order valence-electron chi connectivity index (χ1n) is 7.62. The molecule has 0 saturated carbocycles. The van der Waals surface area contributed by atoms with Gasteiger partial charge in [0.1, 0.15) is 5.75 Å². The molecule has 1 amide bonds. The van der Waals surface area contributed by atoms with Crippen LogP contribution in [0.2, 0.25) is 0 Å². The SMILES string of the molecule is CCCCC[C@H](C)NS(=O)(=O)c1cc2c(cc1Br)NC(=O)CO2. The Labute approximate surface area is 145 Å². The van der Waals surface area contributed by atoms with Crippen LogP contribution in [0.3, 0.4) is 0 Å². The number of hydrogen-bond donors (Lipinski definition) is 2. The molecule has 0 aromatic heterocycles. The lowest BCUT2D eigenvalue weighted by atomic mass is 10.1. The highest BCUT2D eigenvalue weighted by Gasteiger charge is 2.25. The van der Waals surface area contributed by atoms with Crippen LogP contribution in [-0.2, 0) is 14.8 Å². The van der Waals surface area contributed by atoms with Gasteiger partial charge in [-0.2, -0.15) is 0 Å². The topological polar surface area (TPSA) is 84.5 Å². The maximum atomic E-state index is 12.6. The van der Waals surface area contributed by atoms with Gasteiger partial charge < -0.3 is 10.1 Å². The number of sulfonamides is 1. The fraction of sp³-hybridized carbons (Fsp3) is 0.533. The van der Waals surface area contributed by atoms with Gasteiger partial charge in [0, 0.05) is 16.6 Å². The molecular formula is C15H21BrN2O4S. The highest BCUT2D eigenvalue weighted by Crippen LogP contribution is 2.35. The molecule has 0 aliphatic carbocycles. The number of carbonyl (C=O) groups is 1. The Morgan fingerprint density at radius 3 is 2.83 bits per heavy atom. The minimum absolute atomic E-state index is 0.106. The van der Waals surface area contributed by atoms with Crippen molar-refractivity contribution in [3.8, 4) is 5.75 Å². The summed E-state index contributed by atoms with van der Waals surface area (Å²) >= 11 is 3.26. The van der Waals surface area contributed by atoms with E-state index in [9.17, 15) is 13.2 Å². The van der Waals surface area contributed by atoms with Gasteiger partial charge in [-0.1, -0.05) is 26.2 Å². The summed E-state index contributed by atoms with van der Waals surface area (Å²) in [4.78, 5) is 11.4. The molecule has 8 heteroatoms. The maximum absolute atomic E-state index is 12.6. The summed E-state index contributed by atoms with van der Waals surface area (Å²) in [5.74, 6) is 0.0921. The van der Waals surface area contributed by atoms with Crippen molar-refractivity contribution in [1.82, 2.24) is 4.72 Å². The van der Waals surface area contributed by atoms with Gasteiger partial charge in [0.05, 0.1) is 10.6 Å². The molecule has 6 nitrogen and oxygen atoms in total. The van der Waals surface area contributed by atoms with Crippen LogP contribution < -0.4 is 14.8 Å². The molecule has 0 unspecified atom stereocenters. The molecule has 0 radical (unpaired) electrons. The van der Waals surface area contributed by atoms with Crippen molar-refractivity contribution in [2.24, 2.45) is 0 Å². The molecule has 0 bridgehead atoms. The highest BCUT2D eigenvalue weighted by molar-refractivity contribution is 9.10. The number of carbonyl (C=O) groups excluding carboxylic acids is 1. The summed E-state index contributed by atoms with van der Waals surface area (Å²) in [7, 11) is -3.66. The molecule has 1 aromatic carbocycles. The fourth-order valence-corrected chi connectivity index (χ4v) is 4.71. The lowest BCUT2D eigenvalue weighted by Crippen LogP contribution is -2.33. The Kier molecular flexibility index (Phi) is 6.05. The summed E-state index contributed by atoms with van der Waals surface area (Å²) in [5, 5.41) is 2.65. The summed E-state index contributed by atoms with van der Waals surface area (Å²) in [6, 6.07) is 2.83. The van der Waals surface area contributed by atoms with Gasteiger partial charge in [-0.25, -0.2) is 13.1 Å². The number of hydrogen-bond acceptors (Lipinski definition) is 4. The number of benzene rings is 1. The normalized spacial score (nSPS) is 15.5. The van der Waals surface area contributed by atoms with E-state index in [2.05, 4.69) is 32.9 Å². The lowest BCUT2D eigenvalue weighted by Gasteiger charge is -2.20. The van der Waals surface area contributed by atoms with E-state index in [0.717, 1.165) is 25.7 Å². The van der Waals surface area contributed by atoms with E-state index in [1.807, 2.05) is 6.92 Å². The number of rotatable bonds is 7. The van der Waals surface area contributed by atoms with Crippen molar-refractivity contribution in [2.75, 3.05) is 11.9 Å². The van der Waals surface area contributed by atoms with Gasteiger partial charge in [-0.3, -0.25) is 4.79 Å². The Hall–Kier alpha value is -1.12. The van der Waals surface area contributed by atoms with Gasteiger partial charge in [0.2, 0.25) is 10.0 Å². The van der Waals surface area contributed by atoms with E-state index in [4.69, 9.17) is 4.74 Å². The molecule has 0 spiro atoms.